The van der Waals surface area contributed by atoms with Crippen molar-refractivity contribution in [3.63, 3.8) is 0 Å². The molecule has 0 spiro atoms. The summed E-state index contributed by atoms with van der Waals surface area (Å²) in [6.07, 6.45) is -5.52. The van der Waals surface area contributed by atoms with Gasteiger partial charge in [0.1, 0.15) is 5.75 Å². The number of carboxylic acids is 1. The van der Waals surface area contributed by atoms with Gasteiger partial charge in [0.15, 0.2) is 0 Å². The molecule has 5 nitrogen and oxygen atoms in total. The fraction of sp³-hybridized carbons (Fsp3) is 0.400. The normalized spacial score (nSPS) is 11.2. The van der Waals surface area contributed by atoms with Crippen molar-refractivity contribution in [1.82, 2.24) is 4.98 Å². The Hall–Kier alpha value is -1.70. The van der Waals surface area contributed by atoms with Crippen LogP contribution in [0.3, 0.4) is 0 Å². The molecule has 19 heavy (non-hydrogen) atoms. The first-order valence-electron chi connectivity index (χ1n) is 4.87. The zero-order valence-electron chi connectivity index (χ0n) is 9.62. The monoisotopic (exact) mass is 299 g/mol. The van der Waals surface area contributed by atoms with Gasteiger partial charge in [-0.05, 0) is 0 Å². The number of rotatable bonds is 5. The van der Waals surface area contributed by atoms with Crippen molar-refractivity contribution in [3.05, 3.63) is 17.3 Å². The summed E-state index contributed by atoms with van der Waals surface area (Å²) in [4.78, 5) is 14.1. The van der Waals surface area contributed by atoms with Crippen LogP contribution >= 0.6 is 11.6 Å². The summed E-state index contributed by atoms with van der Waals surface area (Å²) in [6.45, 7) is 0. The molecule has 9 heteroatoms. The molecule has 0 aliphatic carbocycles. The van der Waals surface area contributed by atoms with Gasteiger partial charge >= 0.3 is 12.3 Å². The number of alkyl halides is 4. The Kier molecular flexibility index (Phi) is 4.82. The SMILES string of the molecule is COc1cc(OC(F)(F)F)nc(CC(=O)O)c1CCl. The first kappa shape index (κ1) is 15.4. The maximum atomic E-state index is 12.1. The summed E-state index contributed by atoms with van der Waals surface area (Å²) in [7, 11) is 1.22. The first-order chi connectivity index (χ1) is 8.76. The van der Waals surface area contributed by atoms with Crippen LogP contribution in [0.2, 0.25) is 0 Å². The molecule has 0 atom stereocenters. The molecule has 1 aromatic rings. The zero-order chi connectivity index (χ0) is 14.6. The van der Waals surface area contributed by atoms with Crippen molar-refractivity contribution >= 4 is 17.6 Å². The van der Waals surface area contributed by atoms with Gasteiger partial charge in [0, 0.05) is 11.6 Å². The van der Waals surface area contributed by atoms with Crippen molar-refractivity contribution in [3.8, 4) is 11.6 Å². The minimum atomic E-state index is -4.93. The topological polar surface area (TPSA) is 68.7 Å². The number of carboxylic acid groups (broad SMARTS) is 1. The van der Waals surface area contributed by atoms with Crippen LogP contribution in [0.15, 0.2) is 6.07 Å². The molecule has 0 aliphatic heterocycles. The lowest BCUT2D eigenvalue weighted by molar-refractivity contribution is -0.276. The van der Waals surface area contributed by atoms with E-state index in [9.17, 15) is 18.0 Å². The molecule has 0 fully saturated rings. The molecule has 0 saturated carbocycles. The lowest BCUT2D eigenvalue weighted by Gasteiger charge is -2.14. The third-order valence-electron chi connectivity index (χ3n) is 2.04. The summed E-state index contributed by atoms with van der Waals surface area (Å²) >= 11 is 5.61. The van der Waals surface area contributed by atoms with Crippen LogP contribution in [0.5, 0.6) is 11.6 Å². The summed E-state index contributed by atoms with van der Waals surface area (Å²) < 4.78 is 44.8. The second kappa shape index (κ2) is 5.96. The number of aromatic nitrogens is 1. The van der Waals surface area contributed by atoms with E-state index in [2.05, 4.69) is 9.72 Å². The zero-order valence-corrected chi connectivity index (χ0v) is 10.4. The second-order valence-corrected chi connectivity index (χ2v) is 3.61. The van der Waals surface area contributed by atoms with Crippen LogP contribution in [-0.2, 0) is 17.1 Å². The molecule has 0 saturated heterocycles. The predicted molar refractivity (Wildman–Crippen MR) is 58.4 cm³/mol. The third-order valence-corrected chi connectivity index (χ3v) is 2.31. The summed E-state index contributed by atoms with van der Waals surface area (Å²) in [5, 5.41) is 8.69. The number of pyridine rings is 1. The standard InChI is InChI=1S/C10H9ClF3NO4/c1-18-7-3-8(19-10(12,13)14)15-6(2-9(16)17)5(7)4-11/h3H,2,4H2,1H3,(H,16,17). The molecule has 0 aliphatic rings. The molecule has 106 valence electrons. The number of nitrogens with zero attached hydrogens (tertiary/aromatic N) is 1. The van der Waals surface area contributed by atoms with E-state index in [4.69, 9.17) is 21.4 Å². The Bertz CT molecular complexity index is 479. The molecule has 0 bridgehead atoms. The van der Waals surface area contributed by atoms with E-state index in [-0.39, 0.29) is 22.9 Å². The number of carbonyl (C=O) groups is 1. The van der Waals surface area contributed by atoms with Crippen LogP contribution in [0.25, 0.3) is 0 Å². The molecule has 1 aromatic heterocycles. The van der Waals surface area contributed by atoms with Crippen LogP contribution < -0.4 is 9.47 Å². The average molecular weight is 300 g/mol. The van der Waals surface area contributed by atoms with Crippen molar-refractivity contribution in [2.75, 3.05) is 7.11 Å². The second-order valence-electron chi connectivity index (χ2n) is 3.34. The van der Waals surface area contributed by atoms with E-state index >= 15 is 0 Å². The number of ether oxygens (including phenoxy) is 2. The van der Waals surface area contributed by atoms with Crippen LogP contribution in [-0.4, -0.2) is 29.5 Å². The highest BCUT2D eigenvalue weighted by Gasteiger charge is 2.32. The Morgan fingerprint density at radius 3 is 2.58 bits per heavy atom. The number of hydrogen-bond acceptors (Lipinski definition) is 4. The van der Waals surface area contributed by atoms with Crippen LogP contribution in [0.1, 0.15) is 11.3 Å². The Morgan fingerprint density at radius 1 is 1.53 bits per heavy atom. The fourth-order valence-electron chi connectivity index (χ4n) is 1.36. The lowest BCUT2D eigenvalue weighted by Crippen LogP contribution is -2.19. The molecular weight excluding hydrogens is 291 g/mol. The molecule has 0 amide bonds. The fourth-order valence-corrected chi connectivity index (χ4v) is 1.65. The van der Waals surface area contributed by atoms with Gasteiger partial charge in [-0.3, -0.25) is 4.79 Å². The quantitative estimate of drug-likeness (QED) is 0.845. The molecule has 0 unspecified atom stereocenters. The number of halogens is 4. The average Bonchev–Trinajstić information content (AvgIpc) is 2.25. The molecular formula is C10H9ClF3NO4. The Balaban J connectivity index is 3.25. The van der Waals surface area contributed by atoms with Gasteiger partial charge in [-0.25, -0.2) is 4.98 Å². The van der Waals surface area contributed by atoms with Gasteiger partial charge < -0.3 is 14.6 Å². The molecule has 0 aromatic carbocycles. The molecule has 1 heterocycles. The van der Waals surface area contributed by atoms with Gasteiger partial charge in [-0.15, -0.1) is 24.8 Å². The van der Waals surface area contributed by atoms with Gasteiger partial charge in [0.2, 0.25) is 5.88 Å². The largest absolute Gasteiger partial charge is 0.574 e. The summed E-state index contributed by atoms with van der Waals surface area (Å²) in [5.74, 6) is -2.22. The highest BCUT2D eigenvalue weighted by Crippen LogP contribution is 2.30. The number of aliphatic carboxylic acids is 1. The van der Waals surface area contributed by atoms with Crippen LogP contribution in [0.4, 0.5) is 13.2 Å². The smallest absolute Gasteiger partial charge is 0.496 e. The van der Waals surface area contributed by atoms with E-state index in [0.717, 1.165) is 6.07 Å². The van der Waals surface area contributed by atoms with Crippen molar-refractivity contribution in [1.29, 1.82) is 0 Å². The van der Waals surface area contributed by atoms with Gasteiger partial charge in [0.25, 0.3) is 0 Å². The molecule has 1 N–H and O–H groups in total. The number of hydrogen-bond donors (Lipinski definition) is 1. The minimum absolute atomic E-state index is 0.0134. The van der Waals surface area contributed by atoms with Crippen molar-refractivity contribution in [2.24, 2.45) is 0 Å². The summed E-state index contributed by atoms with van der Waals surface area (Å²) in [5.41, 5.74) is 0.0715. The summed E-state index contributed by atoms with van der Waals surface area (Å²) in [6, 6.07) is 0.899. The first-order valence-corrected chi connectivity index (χ1v) is 5.40. The highest BCUT2D eigenvalue weighted by atomic mass is 35.5. The lowest BCUT2D eigenvalue weighted by atomic mass is 10.1. The highest BCUT2D eigenvalue weighted by molar-refractivity contribution is 6.17. The van der Waals surface area contributed by atoms with Gasteiger partial charge in [-0.1, -0.05) is 0 Å². The van der Waals surface area contributed by atoms with Crippen molar-refractivity contribution < 1.29 is 32.5 Å². The predicted octanol–water partition coefficient (Wildman–Crippen LogP) is 2.35. The Labute approximate surface area is 110 Å². The molecule has 1 rings (SSSR count). The van der Waals surface area contributed by atoms with E-state index in [1.54, 1.807) is 0 Å². The maximum absolute atomic E-state index is 12.1. The van der Waals surface area contributed by atoms with E-state index in [1.807, 2.05) is 0 Å². The van der Waals surface area contributed by atoms with Crippen LogP contribution in [0, 0.1) is 0 Å². The van der Waals surface area contributed by atoms with E-state index in [0.29, 0.717) is 0 Å². The Morgan fingerprint density at radius 2 is 2.16 bits per heavy atom. The van der Waals surface area contributed by atoms with Crippen molar-refractivity contribution in [2.45, 2.75) is 18.7 Å². The maximum Gasteiger partial charge on any atom is 0.574 e. The minimum Gasteiger partial charge on any atom is -0.496 e. The van der Waals surface area contributed by atoms with Gasteiger partial charge in [0.05, 0.1) is 25.1 Å². The number of methoxy groups -OCH3 is 1. The van der Waals surface area contributed by atoms with E-state index in [1.165, 1.54) is 7.11 Å². The van der Waals surface area contributed by atoms with Gasteiger partial charge in [-0.2, -0.15) is 0 Å². The third kappa shape index (κ3) is 4.47. The van der Waals surface area contributed by atoms with E-state index < -0.39 is 24.6 Å². The molecule has 0 radical (unpaired) electrons.